The summed E-state index contributed by atoms with van der Waals surface area (Å²) < 4.78 is 0. The van der Waals surface area contributed by atoms with Gasteiger partial charge < -0.3 is 9.80 Å². The standard InChI is InChI=1S/C23H38N2O/c1-18(22(2,3)4)24(8)16-17-25(9)21(26)15-12-19-10-13-20(14-11-19)23(5,6)7/h10-11,13-14H,1,12,15-17H2,2-9H3. The number of amides is 1. The molecule has 0 radical (unpaired) electrons. The third-order valence-corrected chi connectivity index (χ3v) is 4.97. The van der Waals surface area contributed by atoms with Crippen LogP contribution in [0, 0.1) is 5.41 Å². The lowest BCUT2D eigenvalue weighted by atomic mass is 9.86. The van der Waals surface area contributed by atoms with Crippen LogP contribution >= 0.6 is 0 Å². The maximum absolute atomic E-state index is 12.4. The second-order valence-corrected chi connectivity index (χ2v) is 9.38. The molecule has 3 heteroatoms. The Kier molecular flexibility index (Phi) is 7.49. The monoisotopic (exact) mass is 358 g/mol. The van der Waals surface area contributed by atoms with E-state index in [2.05, 4.69) is 77.3 Å². The average Bonchev–Trinajstić information content (AvgIpc) is 2.55. The van der Waals surface area contributed by atoms with Gasteiger partial charge in [-0.25, -0.2) is 0 Å². The highest BCUT2D eigenvalue weighted by Gasteiger charge is 2.19. The molecule has 146 valence electrons. The number of carbonyl (C=O) groups excluding carboxylic acids is 1. The third kappa shape index (κ3) is 6.86. The number of hydrogen-bond donors (Lipinski definition) is 0. The largest absolute Gasteiger partial charge is 0.376 e. The second kappa shape index (κ2) is 8.75. The molecule has 3 nitrogen and oxygen atoms in total. The summed E-state index contributed by atoms with van der Waals surface area (Å²) >= 11 is 0. The minimum Gasteiger partial charge on any atom is -0.376 e. The molecular weight excluding hydrogens is 320 g/mol. The van der Waals surface area contributed by atoms with Crippen molar-refractivity contribution in [1.82, 2.24) is 9.80 Å². The summed E-state index contributed by atoms with van der Waals surface area (Å²) in [5.41, 5.74) is 3.86. The lowest BCUT2D eigenvalue weighted by Gasteiger charge is -2.32. The number of hydrogen-bond acceptors (Lipinski definition) is 2. The van der Waals surface area contributed by atoms with Gasteiger partial charge in [0, 0.05) is 44.7 Å². The van der Waals surface area contributed by atoms with Crippen molar-refractivity contribution in [2.24, 2.45) is 5.41 Å². The lowest BCUT2D eigenvalue weighted by molar-refractivity contribution is -0.130. The Bertz CT molecular complexity index is 603. The normalized spacial score (nSPS) is 12.0. The zero-order valence-corrected chi connectivity index (χ0v) is 18.1. The Hall–Kier alpha value is -1.77. The average molecular weight is 359 g/mol. The van der Waals surface area contributed by atoms with E-state index >= 15 is 0 Å². The zero-order chi connectivity index (χ0) is 20.1. The van der Waals surface area contributed by atoms with Crippen molar-refractivity contribution in [1.29, 1.82) is 0 Å². The molecule has 0 aromatic heterocycles. The first-order valence-electron chi connectivity index (χ1n) is 9.56. The van der Waals surface area contributed by atoms with E-state index in [1.807, 2.05) is 19.0 Å². The first-order chi connectivity index (χ1) is 11.8. The first kappa shape index (κ1) is 22.3. The first-order valence-corrected chi connectivity index (χ1v) is 9.56. The topological polar surface area (TPSA) is 23.6 Å². The zero-order valence-electron chi connectivity index (χ0n) is 18.1. The maximum Gasteiger partial charge on any atom is 0.222 e. The second-order valence-electron chi connectivity index (χ2n) is 9.38. The van der Waals surface area contributed by atoms with Gasteiger partial charge in [0.2, 0.25) is 5.91 Å². The number of aryl methyl sites for hydroxylation is 1. The van der Waals surface area contributed by atoms with E-state index in [1.54, 1.807) is 0 Å². The lowest BCUT2D eigenvalue weighted by Crippen LogP contribution is -2.36. The molecule has 1 amide bonds. The van der Waals surface area contributed by atoms with Crippen molar-refractivity contribution in [3.05, 3.63) is 47.7 Å². The molecule has 0 bridgehead atoms. The Morgan fingerprint density at radius 3 is 1.88 bits per heavy atom. The SMILES string of the molecule is C=C(N(C)CCN(C)C(=O)CCc1ccc(C(C)(C)C)cc1)C(C)(C)C. The highest BCUT2D eigenvalue weighted by atomic mass is 16.2. The summed E-state index contributed by atoms with van der Waals surface area (Å²) in [6.07, 6.45) is 1.34. The Morgan fingerprint density at radius 1 is 0.923 bits per heavy atom. The van der Waals surface area contributed by atoms with Gasteiger partial charge in [0.25, 0.3) is 0 Å². The van der Waals surface area contributed by atoms with Gasteiger partial charge in [-0.2, -0.15) is 0 Å². The molecule has 0 saturated heterocycles. The molecular formula is C23H38N2O. The van der Waals surface area contributed by atoms with Gasteiger partial charge in [-0.05, 0) is 23.0 Å². The molecule has 1 aromatic rings. The molecule has 1 rings (SSSR count). The van der Waals surface area contributed by atoms with E-state index in [9.17, 15) is 4.79 Å². The van der Waals surface area contributed by atoms with E-state index in [0.29, 0.717) is 13.0 Å². The van der Waals surface area contributed by atoms with Gasteiger partial charge in [-0.15, -0.1) is 0 Å². The number of likely N-dealkylation sites (N-methyl/N-ethyl adjacent to an activating group) is 2. The van der Waals surface area contributed by atoms with Gasteiger partial charge in [-0.1, -0.05) is 72.4 Å². The van der Waals surface area contributed by atoms with Crippen LogP contribution in [0.2, 0.25) is 0 Å². The Balaban J connectivity index is 2.46. The minimum atomic E-state index is 0.0521. The van der Waals surface area contributed by atoms with Crippen LogP contribution in [0.5, 0.6) is 0 Å². The summed E-state index contributed by atoms with van der Waals surface area (Å²) in [5.74, 6) is 0.194. The number of nitrogens with zero attached hydrogens (tertiary/aromatic N) is 2. The van der Waals surface area contributed by atoms with E-state index in [4.69, 9.17) is 0 Å². The van der Waals surface area contributed by atoms with Crippen molar-refractivity contribution >= 4 is 5.91 Å². The molecule has 0 fully saturated rings. The van der Waals surface area contributed by atoms with Crippen LogP contribution in [0.25, 0.3) is 0 Å². The fraction of sp³-hybridized carbons (Fsp3) is 0.609. The smallest absolute Gasteiger partial charge is 0.222 e. The van der Waals surface area contributed by atoms with Gasteiger partial charge in [0.05, 0.1) is 0 Å². The van der Waals surface area contributed by atoms with Crippen LogP contribution in [0.4, 0.5) is 0 Å². The summed E-state index contributed by atoms with van der Waals surface area (Å²) in [6.45, 7) is 18.8. The van der Waals surface area contributed by atoms with E-state index in [0.717, 1.165) is 18.7 Å². The molecule has 26 heavy (non-hydrogen) atoms. The fourth-order valence-electron chi connectivity index (χ4n) is 2.75. The molecule has 0 aliphatic rings. The number of allylic oxidation sites excluding steroid dienone is 1. The molecule has 0 heterocycles. The van der Waals surface area contributed by atoms with Gasteiger partial charge >= 0.3 is 0 Å². The van der Waals surface area contributed by atoms with Crippen molar-refractivity contribution in [2.45, 2.75) is 59.8 Å². The minimum absolute atomic E-state index is 0.0521. The van der Waals surface area contributed by atoms with Crippen LogP contribution in [-0.2, 0) is 16.6 Å². The highest BCUT2D eigenvalue weighted by Crippen LogP contribution is 2.25. The van der Waals surface area contributed by atoms with Crippen LogP contribution in [-0.4, -0.2) is 42.9 Å². The molecule has 0 unspecified atom stereocenters. The van der Waals surface area contributed by atoms with Crippen LogP contribution < -0.4 is 0 Å². The van der Waals surface area contributed by atoms with E-state index in [-0.39, 0.29) is 16.7 Å². The molecule has 0 aliphatic carbocycles. The molecule has 0 N–H and O–H groups in total. The van der Waals surface area contributed by atoms with Gasteiger partial charge in [0.15, 0.2) is 0 Å². The third-order valence-electron chi connectivity index (χ3n) is 4.97. The maximum atomic E-state index is 12.4. The van der Waals surface area contributed by atoms with Gasteiger partial charge in [0.1, 0.15) is 0 Å². The molecule has 0 atom stereocenters. The molecule has 1 aromatic carbocycles. The molecule has 0 saturated carbocycles. The van der Waals surface area contributed by atoms with Crippen molar-refractivity contribution in [2.75, 3.05) is 27.2 Å². The summed E-state index contributed by atoms with van der Waals surface area (Å²) in [5, 5.41) is 0. The molecule has 0 spiro atoms. The van der Waals surface area contributed by atoms with Crippen molar-refractivity contribution in [3.8, 4) is 0 Å². The number of carbonyl (C=O) groups is 1. The van der Waals surface area contributed by atoms with E-state index in [1.165, 1.54) is 11.1 Å². The van der Waals surface area contributed by atoms with E-state index < -0.39 is 0 Å². The number of rotatable bonds is 7. The molecule has 0 aliphatic heterocycles. The summed E-state index contributed by atoms with van der Waals surface area (Å²) in [4.78, 5) is 16.4. The number of benzene rings is 1. The van der Waals surface area contributed by atoms with Gasteiger partial charge in [-0.3, -0.25) is 4.79 Å². The van der Waals surface area contributed by atoms with Crippen LogP contribution in [0.15, 0.2) is 36.5 Å². The predicted molar refractivity (Wildman–Crippen MR) is 112 cm³/mol. The summed E-state index contributed by atoms with van der Waals surface area (Å²) in [7, 11) is 3.93. The highest BCUT2D eigenvalue weighted by molar-refractivity contribution is 5.76. The van der Waals surface area contributed by atoms with Crippen molar-refractivity contribution in [3.63, 3.8) is 0 Å². The predicted octanol–water partition coefficient (Wildman–Crippen LogP) is 4.87. The van der Waals surface area contributed by atoms with Crippen molar-refractivity contribution < 1.29 is 4.79 Å². The Labute approximate surface area is 161 Å². The fourth-order valence-corrected chi connectivity index (χ4v) is 2.75. The quantitative estimate of drug-likeness (QED) is 0.694. The summed E-state index contributed by atoms with van der Waals surface area (Å²) in [6, 6.07) is 8.65. The van der Waals surface area contributed by atoms with Crippen LogP contribution in [0.3, 0.4) is 0 Å². The Morgan fingerprint density at radius 2 is 1.42 bits per heavy atom. The van der Waals surface area contributed by atoms with Crippen LogP contribution in [0.1, 0.15) is 59.1 Å².